The van der Waals surface area contributed by atoms with Crippen LogP contribution in [0.1, 0.15) is 22.4 Å². The number of halogens is 1. The second-order valence-corrected chi connectivity index (χ2v) is 9.13. The maximum absolute atomic E-state index is 13.0. The zero-order chi connectivity index (χ0) is 23.2. The Morgan fingerprint density at radius 3 is 2.39 bits per heavy atom. The van der Waals surface area contributed by atoms with Gasteiger partial charge in [-0.3, -0.25) is 14.5 Å². The molecule has 2 heterocycles. The highest BCUT2D eigenvalue weighted by Crippen LogP contribution is 2.19. The summed E-state index contributed by atoms with van der Waals surface area (Å²) in [6.07, 6.45) is 0.0513. The molecule has 0 radical (unpaired) electrons. The molecule has 0 unspecified atom stereocenters. The van der Waals surface area contributed by atoms with Gasteiger partial charge in [-0.2, -0.15) is 0 Å². The molecule has 0 spiro atoms. The normalized spacial score (nSPS) is 14.4. The average Bonchev–Trinajstić information content (AvgIpc) is 2.82. The number of hydrogen-bond donors (Lipinski definition) is 1. The topological polar surface area (TPSA) is 69.3 Å². The summed E-state index contributed by atoms with van der Waals surface area (Å²) < 4.78 is 13.0. The van der Waals surface area contributed by atoms with Gasteiger partial charge in [0, 0.05) is 49.7 Å². The van der Waals surface area contributed by atoms with E-state index in [-0.39, 0.29) is 23.7 Å². The Bertz CT molecular complexity index is 1140. The Morgan fingerprint density at radius 1 is 1.03 bits per heavy atom. The molecule has 0 saturated carbocycles. The summed E-state index contributed by atoms with van der Waals surface area (Å²) in [5.41, 5.74) is 2.91. The number of aromatic nitrogens is 2. The van der Waals surface area contributed by atoms with E-state index in [9.17, 15) is 14.0 Å². The molecule has 1 aromatic heterocycles. The number of nitrogens with zero attached hydrogens (tertiary/aromatic N) is 3. The van der Waals surface area contributed by atoms with Gasteiger partial charge in [0.25, 0.3) is 5.56 Å². The van der Waals surface area contributed by atoms with Crippen molar-refractivity contribution in [3.05, 3.63) is 93.2 Å². The lowest BCUT2D eigenvalue weighted by atomic mass is 10.1. The van der Waals surface area contributed by atoms with E-state index in [4.69, 9.17) is 0 Å². The van der Waals surface area contributed by atoms with E-state index in [1.807, 2.05) is 23.1 Å². The van der Waals surface area contributed by atoms with Crippen LogP contribution in [0.5, 0.6) is 0 Å². The molecule has 1 aliphatic heterocycles. The summed E-state index contributed by atoms with van der Waals surface area (Å²) in [7, 11) is 0. The van der Waals surface area contributed by atoms with Crippen LogP contribution in [0.15, 0.2) is 64.5 Å². The zero-order valence-electron chi connectivity index (χ0n) is 18.6. The van der Waals surface area contributed by atoms with Crippen LogP contribution >= 0.6 is 11.8 Å². The second kappa shape index (κ2) is 10.8. The van der Waals surface area contributed by atoms with Crippen LogP contribution in [0.4, 0.5) is 4.39 Å². The summed E-state index contributed by atoms with van der Waals surface area (Å²) >= 11 is 1.37. The molecule has 0 bridgehead atoms. The molecule has 1 fully saturated rings. The minimum atomic E-state index is -0.280. The molecule has 1 N–H and O–H groups in total. The lowest BCUT2D eigenvalue weighted by Gasteiger charge is -2.34. The summed E-state index contributed by atoms with van der Waals surface area (Å²) in [6, 6.07) is 16.5. The molecular weight excluding hydrogens is 439 g/mol. The van der Waals surface area contributed by atoms with E-state index in [1.54, 1.807) is 19.1 Å². The average molecular weight is 467 g/mol. The number of piperazine rings is 1. The summed E-state index contributed by atoms with van der Waals surface area (Å²) in [4.78, 5) is 36.9. The molecule has 33 heavy (non-hydrogen) atoms. The smallest absolute Gasteiger partial charge is 0.255 e. The molecule has 1 saturated heterocycles. The van der Waals surface area contributed by atoms with Crippen molar-refractivity contribution in [2.24, 2.45) is 0 Å². The van der Waals surface area contributed by atoms with Gasteiger partial charge in [-0.05, 0) is 30.2 Å². The molecule has 0 atom stereocenters. The number of hydrogen-bond acceptors (Lipinski definition) is 5. The van der Waals surface area contributed by atoms with Gasteiger partial charge in [-0.25, -0.2) is 9.37 Å². The summed E-state index contributed by atoms with van der Waals surface area (Å²) in [6.45, 7) is 5.57. The van der Waals surface area contributed by atoms with Crippen molar-refractivity contribution in [2.75, 3.05) is 26.2 Å². The summed E-state index contributed by atoms with van der Waals surface area (Å²) in [5, 5.41) is 0.493. The van der Waals surface area contributed by atoms with Crippen LogP contribution in [0.2, 0.25) is 0 Å². The first kappa shape index (κ1) is 23.2. The number of H-pyrrole nitrogens is 1. The Labute approximate surface area is 196 Å². The Hall–Kier alpha value is -2.97. The molecule has 8 heteroatoms. The van der Waals surface area contributed by atoms with Crippen molar-refractivity contribution in [1.29, 1.82) is 0 Å². The van der Waals surface area contributed by atoms with Crippen LogP contribution in [0.25, 0.3) is 0 Å². The SMILES string of the molecule is Cc1nc(SCc2ccc(F)cc2)[nH]c(=O)c1CC(=O)N1CCN(Cc2ccccc2)CC1. The van der Waals surface area contributed by atoms with Crippen molar-refractivity contribution in [1.82, 2.24) is 19.8 Å². The quantitative estimate of drug-likeness (QED) is 0.427. The lowest BCUT2D eigenvalue weighted by molar-refractivity contribution is -0.132. The standard InChI is InChI=1S/C25H27FN4O2S/c1-18-22(24(32)28-25(27-18)33-17-20-7-9-21(26)10-8-20)15-23(31)30-13-11-29(12-14-30)16-19-5-3-2-4-6-19/h2-10H,11-17H2,1H3,(H,27,28,32). The fourth-order valence-electron chi connectivity index (χ4n) is 3.85. The van der Waals surface area contributed by atoms with Gasteiger partial charge in [-0.15, -0.1) is 0 Å². The molecule has 6 nitrogen and oxygen atoms in total. The first-order chi connectivity index (χ1) is 16.0. The fourth-order valence-corrected chi connectivity index (χ4v) is 4.72. The van der Waals surface area contributed by atoms with E-state index in [0.717, 1.165) is 25.2 Å². The second-order valence-electron chi connectivity index (χ2n) is 8.17. The van der Waals surface area contributed by atoms with Crippen molar-refractivity contribution in [3.63, 3.8) is 0 Å². The molecule has 1 amide bonds. The molecule has 3 aromatic rings. The van der Waals surface area contributed by atoms with E-state index < -0.39 is 0 Å². The number of carbonyl (C=O) groups is 1. The van der Waals surface area contributed by atoms with Crippen molar-refractivity contribution < 1.29 is 9.18 Å². The minimum absolute atomic E-state index is 0.0449. The van der Waals surface area contributed by atoms with E-state index in [1.165, 1.54) is 29.5 Å². The monoisotopic (exact) mass is 466 g/mol. The number of amides is 1. The Morgan fingerprint density at radius 2 is 1.73 bits per heavy atom. The van der Waals surface area contributed by atoms with Gasteiger partial charge >= 0.3 is 0 Å². The van der Waals surface area contributed by atoms with E-state index in [0.29, 0.717) is 35.3 Å². The van der Waals surface area contributed by atoms with Crippen LogP contribution in [-0.2, 0) is 23.5 Å². The third-order valence-corrected chi connectivity index (χ3v) is 6.74. The Kier molecular flexibility index (Phi) is 7.57. The van der Waals surface area contributed by atoms with Crippen LogP contribution in [-0.4, -0.2) is 51.9 Å². The van der Waals surface area contributed by atoms with Crippen molar-refractivity contribution in [3.8, 4) is 0 Å². The zero-order valence-corrected chi connectivity index (χ0v) is 19.4. The van der Waals surface area contributed by atoms with Gasteiger partial charge in [-0.1, -0.05) is 54.2 Å². The first-order valence-corrected chi connectivity index (χ1v) is 12.0. The predicted octanol–water partition coefficient (Wildman–Crippen LogP) is 3.40. The Balaban J connectivity index is 1.31. The third kappa shape index (κ3) is 6.30. The molecule has 4 rings (SSSR count). The van der Waals surface area contributed by atoms with Gasteiger partial charge in [0.15, 0.2) is 5.16 Å². The molecular formula is C25H27FN4O2S. The fraction of sp³-hybridized carbons (Fsp3) is 0.320. The number of aromatic amines is 1. The largest absolute Gasteiger partial charge is 0.340 e. The van der Waals surface area contributed by atoms with Crippen molar-refractivity contribution >= 4 is 17.7 Å². The molecule has 172 valence electrons. The number of benzene rings is 2. The van der Waals surface area contributed by atoms with E-state index in [2.05, 4.69) is 27.0 Å². The van der Waals surface area contributed by atoms with Gasteiger partial charge in [0.1, 0.15) is 5.82 Å². The highest BCUT2D eigenvalue weighted by atomic mass is 32.2. The number of aryl methyl sites for hydroxylation is 1. The van der Waals surface area contributed by atoms with Crippen molar-refractivity contribution in [2.45, 2.75) is 30.8 Å². The first-order valence-electron chi connectivity index (χ1n) is 11.0. The highest BCUT2D eigenvalue weighted by molar-refractivity contribution is 7.98. The minimum Gasteiger partial charge on any atom is -0.340 e. The van der Waals surface area contributed by atoms with Gasteiger partial charge in [0.2, 0.25) is 5.91 Å². The predicted molar refractivity (Wildman–Crippen MR) is 128 cm³/mol. The number of rotatable bonds is 7. The van der Waals surface area contributed by atoms with E-state index >= 15 is 0 Å². The van der Waals surface area contributed by atoms with Crippen LogP contribution in [0, 0.1) is 12.7 Å². The van der Waals surface area contributed by atoms with Crippen LogP contribution < -0.4 is 5.56 Å². The summed E-state index contributed by atoms with van der Waals surface area (Å²) in [5.74, 6) is 0.239. The third-order valence-electron chi connectivity index (χ3n) is 5.79. The van der Waals surface area contributed by atoms with Gasteiger partial charge < -0.3 is 9.88 Å². The molecule has 1 aliphatic rings. The lowest BCUT2D eigenvalue weighted by Crippen LogP contribution is -2.49. The highest BCUT2D eigenvalue weighted by Gasteiger charge is 2.23. The van der Waals surface area contributed by atoms with Crippen LogP contribution in [0.3, 0.4) is 0 Å². The number of thioether (sulfide) groups is 1. The van der Waals surface area contributed by atoms with Gasteiger partial charge in [0.05, 0.1) is 6.42 Å². The number of carbonyl (C=O) groups excluding carboxylic acids is 1. The maximum Gasteiger partial charge on any atom is 0.255 e. The number of nitrogens with one attached hydrogen (secondary N) is 1. The molecule has 0 aliphatic carbocycles. The maximum atomic E-state index is 13.0. The molecule has 2 aromatic carbocycles.